The van der Waals surface area contributed by atoms with Crippen LogP contribution >= 0.6 is 0 Å². The van der Waals surface area contributed by atoms with Crippen molar-refractivity contribution in [2.24, 2.45) is 0 Å². The van der Waals surface area contributed by atoms with E-state index < -0.39 is 5.82 Å². The molecule has 1 aromatic carbocycles. The molecule has 74 valence electrons. The molecule has 4 heteroatoms. The minimum atomic E-state index is -0.411. The van der Waals surface area contributed by atoms with E-state index in [0.717, 1.165) is 10.9 Å². The van der Waals surface area contributed by atoms with Crippen molar-refractivity contribution in [1.82, 2.24) is 4.98 Å². The maximum absolute atomic E-state index is 13.2. The van der Waals surface area contributed by atoms with E-state index in [-0.39, 0.29) is 12.4 Å². The number of methoxy groups -OCH3 is 1. The number of aromatic nitrogens is 1. The van der Waals surface area contributed by atoms with Crippen molar-refractivity contribution in [2.75, 3.05) is 7.11 Å². The van der Waals surface area contributed by atoms with Crippen molar-refractivity contribution < 1.29 is 14.2 Å². The van der Waals surface area contributed by atoms with Gasteiger partial charge in [0.25, 0.3) is 0 Å². The molecule has 0 aliphatic rings. The van der Waals surface area contributed by atoms with Gasteiger partial charge in [-0.15, -0.1) is 0 Å². The first-order valence-electron chi connectivity index (χ1n) is 4.20. The van der Waals surface area contributed by atoms with E-state index in [2.05, 4.69) is 4.98 Å². The van der Waals surface area contributed by atoms with Gasteiger partial charge >= 0.3 is 0 Å². The Morgan fingerprint density at radius 3 is 2.93 bits per heavy atom. The van der Waals surface area contributed by atoms with Gasteiger partial charge < -0.3 is 14.8 Å². The van der Waals surface area contributed by atoms with Crippen LogP contribution in [-0.2, 0) is 6.61 Å². The first-order chi connectivity index (χ1) is 6.76. The van der Waals surface area contributed by atoms with Gasteiger partial charge in [-0.25, -0.2) is 4.39 Å². The van der Waals surface area contributed by atoms with Crippen LogP contribution in [0, 0.1) is 5.82 Å². The average molecular weight is 195 g/mol. The SMILES string of the molecule is COc1cc2c(CO)c[nH]c2cc1F. The van der Waals surface area contributed by atoms with E-state index in [0.29, 0.717) is 5.52 Å². The summed E-state index contributed by atoms with van der Waals surface area (Å²) in [5.74, 6) is -0.224. The Balaban J connectivity index is 2.70. The normalized spacial score (nSPS) is 10.8. The zero-order chi connectivity index (χ0) is 10.1. The van der Waals surface area contributed by atoms with Crippen molar-refractivity contribution >= 4 is 10.9 Å². The summed E-state index contributed by atoms with van der Waals surface area (Å²) in [4.78, 5) is 2.88. The molecule has 2 aromatic rings. The maximum Gasteiger partial charge on any atom is 0.167 e. The third kappa shape index (κ3) is 1.24. The van der Waals surface area contributed by atoms with Crippen LogP contribution in [0.5, 0.6) is 5.75 Å². The van der Waals surface area contributed by atoms with E-state index in [9.17, 15) is 4.39 Å². The highest BCUT2D eigenvalue weighted by Gasteiger charge is 2.08. The van der Waals surface area contributed by atoms with E-state index >= 15 is 0 Å². The molecule has 0 amide bonds. The summed E-state index contributed by atoms with van der Waals surface area (Å²) in [7, 11) is 1.41. The Morgan fingerprint density at radius 1 is 1.50 bits per heavy atom. The molecule has 1 aromatic heterocycles. The summed E-state index contributed by atoms with van der Waals surface area (Å²) in [6.45, 7) is -0.0746. The fourth-order valence-electron chi connectivity index (χ4n) is 1.47. The van der Waals surface area contributed by atoms with E-state index in [1.165, 1.54) is 13.2 Å². The topological polar surface area (TPSA) is 45.2 Å². The number of halogens is 1. The molecule has 0 unspecified atom stereocenters. The lowest BCUT2D eigenvalue weighted by Crippen LogP contribution is -1.88. The van der Waals surface area contributed by atoms with Crippen molar-refractivity contribution in [3.63, 3.8) is 0 Å². The molecule has 0 saturated heterocycles. The molecule has 14 heavy (non-hydrogen) atoms. The molecular formula is C10H10FNO2. The highest BCUT2D eigenvalue weighted by Crippen LogP contribution is 2.26. The van der Waals surface area contributed by atoms with Crippen molar-refractivity contribution in [3.05, 3.63) is 29.7 Å². The molecule has 0 spiro atoms. The van der Waals surface area contributed by atoms with Crippen molar-refractivity contribution in [2.45, 2.75) is 6.61 Å². The number of aliphatic hydroxyl groups excluding tert-OH is 1. The van der Waals surface area contributed by atoms with Gasteiger partial charge in [0.1, 0.15) is 0 Å². The minimum absolute atomic E-state index is 0.0746. The molecule has 0 radical (unpaired) electrons. The second-order valence-electron chi connectivity index (χ2n) is 3.00. The largest absolute Gasteiger partial charge is 0.494 e. The summed E-state index contributed by atoms with van der Waals surface area (Å²) in [6.07, 6.45) is 1.66. The molecule has 1 heterocycles. The van der Waals surface area contributed by atoms with Gasteiger partial charge in [0.05, 0.1) is 13.7 Å². The number of H-pyrrole nitrogens is 1. The lowest BCUT2D eigenvalue weighted by atomic mass is 10.1. The number of fused-ring (bicyclic) bond motifs is 1. The van der Waals surface area contributed by atoms with Crippen LogP contribution in [0.3, 0.4) is 0 Å². The van der Waals surface area contributed by atoms with Crippen LogP contribution < -0.4 is 4.74 Å². The number of rotatable bonds is 2. The van der Waals surface area contributed by atoms with Crippen LogP contribution in [0.1, 0.15) is 5.56 Å². The Kier molecular flexibility index (Phi) is 2.13. The van der Waals surface area contributed by atoms with E-state index in [1.807, 2.05) is 0 Å². The summed E-state index contributed by atoms with van der Waals surface area (Å²) in [6, 6.07) is 2.93. The zero-order valence-electron chi connectivity index (χ0n) is 7.67. The van der Waals surface area contributed by atoms with Gasteiger partial charge in [-0.05, 0) is 6.07 Å². The second kappa shape index (κ2) is 3.31. The molecule has 0 aliphatic heterocycles. The zero-order valence-corrected chi connectivity index (χ0v) is 7.67. The Morgan fingerprint density at radius 2 is 2.29 bits per heavy atom. The molecule has 2 rings (SSSR count). The maximum atomic E-state index is 13.2. The van der Waals surface area contributed by atoms with Gasteiger partial charge in [-0.2, -0.15) is 0 Å². The number of hydrogen-bond acceptors (Lipinski definition) is 2. The fourth-order valence-corrected chi connectivity index (χ4v) is 1.47. The van der Waals surface area contributed by atoms with Crippen molar-refractivity contribution in [3.8, 4) is 5.75 Å². The number of aromatic amines is 1. The molecule has 0 fully saturated rings. The summed E-state index contributed by atoms with van der Waals surface area (Å²) in [5, 5.41) is 9.79. The van der Waals surface area contributed by atoms with Gasteiger partial charge in [0.15, 0.2) is 11.6 Å². The summed E-state index contributed by atoms with van der Waals surface area (Å²) in [5.41, 5.74) is 1.39. The quantitative estimate of drug-likeness (QED) is 0.767. The number of nitrogens with one attached hydrogen (secondary N) is 1. The predicted molar refractivity (Wildman–Crippen MR) is 50.7 cm³/mol. The summed E-state index contributed by atoms with van der Waals surface area (Å²) >= 11 is 0. The smallest absolute Gasteiger partial charge is 0.167 e. The van der Waals surface area contributed by atoms with Crippen LogP contribution in [0.15, 0.2) is 18.3 Å². The fraction of sp³-hybridized carbons (Fsp3) is 0.200. The van der Waals surface area contributed by atoms with Crippen LogP contribution in [-0.4, -0.2) is 17.2 Å². The highest BCUT2D eigenvalue weighted by atomic mass is 19.1. The Bertz CT molecular complexity index is 464. The molecule has 0 saturated carbocycles. The third-order valence-electron chi connectivity index (χ3n) is 2.21. The molecular weight excluding hydrogens is 185 g/mol. The Hall–Kier alpha value is -1.55. The van der Waals surface area contributed by atoms with Crippen molar-refractivity contribution in [1.29, 1.82) is 0 Å². The highest BCUT2D eigenvalue weighted by molar-refractivity contribution is 5.84. The molecule has 0 bridgehead atoms. The van der Waals surface area contributed by atoms with Gasteiger partial charge in [0, 0.05) is 28.7 Å². The van der Waals surface area contributed by atoms with E-state index in [4.69, 9.17) is 9.84 Å². The molecule has 0 aliphatic carbocycles. The van der Waals surface area contributed by atoms with Crippen LogP contribution in [0.25, 0.3) is 10.9 Å². The number of benzene rings is 1. The molecule has 0 atom stereocenters. The first kappa shape index (κ1) is 9.02. The standard InChI is InChI=1S/C10H10FNO2/c1-14-10-2-7-6(5-13)4-12-9(7)3-8(10)11/h2-4,12-13H,5H2,1H3. The number of aliphatic hydroxyl groups is 1. The summed E-state index contributed by atoms with van der Waals surface area (Å²) < 4.78 is 18.1. The van der Waals surface area contributed by atoms with E-state index in [1.54, 1.807) is 12.3 Å². The average Bonchev–Trinajstić information content (AvgIpc) is 2.58. The molecule has 2 N–H and O–H groups in total. The van der Waals surface area contributed by atoms with Crippen LogP contribution in [0.2, 0.25) is 0 Å². The Labute approximate surface area is 80.1 Å². The number of ether oxygens (including phenoxy) is 1. The minimum Gasteiger partial charge on any atom is -0.494 e. The lowest BCUT2D eigenvalue weighted by molar-refractivity contribution is 0.283. The van der Waals surface area contributed by atoms with Gasteiger partial charge in [0.2, 0.25) is 0 Å². The third-order valence-corrected chi connectivity index (χ3v) is 2.21. The number of hydrogen-bond donors (Lipinski definition) is 2. The second-order valence-corrected chi connectivity index (χ2v) is 3.00. The first-order valence-corrected chi connectivity index (χ1v) is 4.20. The monoisotopic (exact) mass is 195 g/mol. The molecule has 3 nitrogen and oxygen atoms in total. The van der Waals surface area contributed by atoms with Gasteiger partial charge in [-0.1, -0.05) is 0 Å². The lowest BCUT2D eigenvalue weighted by Gasteiger charge is -2.02. The predicted octanol–water partition coefficient (Wildman–Crippen LogP) is 1.81. The van der Waals surface area contributed by atoms with Crippen LogP contribution in [0.4, 0.5) is 4.39 Å². The van der Waals surface area contributed by atoms with Gasteiger partial charge in [-0.3, -0.25) is 0 Å².